The number of halogens is 20. The Morgan fingerprint density at radius 3 is 1.06 bits per heavy atom. The molecule has 1 aliphatic rings. The first-order chi connectivity index (χ1) is 30.1. The minimum atomic E-state index is -7.22. The second kappa shape index (κ2) is 18.0. The normalized spacial score (nSPS) is 12.9. The van der Waals surface area contributed by atoms with E-state index in [-0.39, 0.29) is 0 Å². The minimum Gasteiger partial charge on any atom is -0.252 e. The average molecular weight is 930 g/mol. The summed E-state index contributed by atoms with van der Waals surface area (Å²) in [6.45, 7) is 0.913. The molecule has 0 unspecified atom stereocenters. The molecule has 5 aromatic carbocycles. The van der Waals surface area contributed by atoms with Crippen LogP contribution in [-0.4, -0.2) is 11.1 Å². The lowest BCUT2D eigenvalue weighted by Gasteiger charge is -2.44. The van der Waals surface area contributed by atoms with Crippen molar-refractivity contribution in [3.8, 4) is 0 Å². The fourth-order valence-corrected chi connectivity index (χ4v) is 7.52. The Bertz CT molecular complexity index is 2490. The predicted octanol–water partition coefficient (Wildman–Crippen LogP) is 9.22. The lowest BCUT2D eigenvalue weighted by Crippen LogP contribution is -2.81. The van der Waals surface area contributed by atoms with Crippen LogP contribution in [0, 0.1) is 116 Å². The number of benzene rings is 5. The van der Waals surface area contributed by atoms with Crippen molar-refractivity contribution in [3.05, 3.63) is 183 Å². The van der Waals surface area contributed by atoms with Crippen LogP contribution in [0.5, 0.6) is 0 Å². The maximum atomic E-state index is 15.4. The SMILES string of the molecule is C1=C(c2cncc[n+]2Cc2ccccc2)CCCC1.Fc1c(F)c(F)c([B-](c2c(F)c(F)c(F)c(F)c2F)(c2c(F)c(F)c(F)c(F)c2F)c2c(F)c(F)c(F)c(F)c2F)c(F)c1F. The highest BCUT2D eigenvalue weighted by Crippen LogP contribution is 2.31. The average Bonchev–Trinajstić information content (AvgIpc) is 3.30. The number of rotatable bonds is 7. The summed E-state index contributed by atoms with van der Waals surface area (Å²) in [5, 5.41) is 0. The van der Waals surface area contributed by atoms with Crippen molar-refractivity contribution in [2.75, 3.05) is 0 Å². The number of hydrogen-bond acceptors (Lipinski definition) is 1. The first-order valence-electron chi connectivity index (χ1n) is 17.9. The van der Waals surface area contributed by atoms with Gasteiger partial charge in [0.1, 0.15) is 52.7 Å². The van der Waals surface area contributed by atoms with E-state index >= 15 is 35.1 Å². The molecule has 64 heavy (non-hydrogen) atoms. The summed E-state index contributed by atoms with van der Waals surface area (Å²) in [7, 11) is 0. The third-order valence-electron chi connectivity index (χ3n) is 10.4. The van der Waals surface area contributed by atoms with Crippen LogP contribution >= 0.6 is 0 Å². The number of hydrogen-bond donors (Lipinski definition) is 0. The first kappa shape index (κ1) is 47.1. The van der Waals surface area contributed by atoms with Gasteiger partial charge in [-0.2, -0.15) is 4.57 Å². The molecule has 0 spiro atoms. The first-order valence-corrected chi connectivity index (χ1v) is 17.9. The van der Waals surface area contributed by atoms with E-state index in [2.05, 4.69) is 52.2 Å². The second-order valence-corrected chi connectivity index (χ2v) is 13.9. The van der Waals surface area contributed by atoms with Gasteiger partial charge in [-0.15, -0.1) is 21.9 Å². The lowest BCUT2D eigenvalue weighted by molar-refractivity contribution is -0.691. The maximum absolute atomic E-state index is 15.4. The van der Waals surface area contributed by atoms with Gasteiger partial charge in [0.2, 0.25) is 5.69 Å². The van der Waals surface area contributed by atoms with Gasteiger partial charge in [0.05, 0.1) is 12.4 Å². The van der Waals surface area contributed by atoms with Crippen molar-refractivity contribution in [1.82, 2.24) is 4.98 Å². The van der Waals surface area contributed by atoms with E-state index in [1.165, 1.54) is 42.5 Å². The fraction of sp³-hybridized carbons (Fsp3) is 0.122. The predicted molar refractivity (Wildman–Crippen MR) is 186 cm³/mol. The smallest absolute Gasteiger partial charge is 0.226 e. The summed E-state index contributed by atoms with van der Waals surface area (Å²) in [4.78, 5) is 4.30. The molecule has 7 rings (SSSR count). The zero-order valence-corrected chi connectivity index (χ0v) is 31.3. The van der Waals surface area contributed by atoms with Gasteiger partial charge in [-0.25, -0.2) is 87.8 Å². The van der Waals surface area contributed by atoms with E-state index in [1.54, 1.807) is 0 Å². The molecule has 1 heterocycles. The van der Waals surface area contributed by atoms with Crippen molar-refractivity contribution in [3.63, 3.8) is 0 Å². The molecule has 0 bridgehead atoms. The fourth-order valence-electron chi connectivity index (χ4n) is 7.52. The largest absolute Gasteiger partial charge is 0.252 e. The highest BCUT2D eigenvalue weighted by atomic mass is 19.2. The molecule has 0 saturated heterocycles. The molecule has 1 aromatic heterocycles. The minimum absolute atomic E-state index is 0.913. The zero-order chi connectivity index (χ0) is 47.3. The molecule has 0 fully saturated rings. The third kappa shape index (κ3) is 7.50. The van der Waals surface area contributed by atoms with Crippen LogP contribution in [0.1, 0.15) is 36.9 Å². The molecule has 1 aliphatic carbocycles. The second-order valence-electron chi connectivity index (χ2n) is 13.9. The highest BCUT2D eigenvalue weighted by molar-refractivity contribution is 7.20. The van der Waals surface area contributed by atoms with Gasteiger partial charge in [-0.05, 0) is 25.7 Å². The summed E-state index contributed by atoms with van der Waals surface area (Å²) < 4.78 is 296. The van der Waals surface area contributed by atoms with Crippen LogP contribution in [-0.2, 0) is 6.54 Å². The quantitative estimate of drug-likeness (QED) is 0.0514. The molecule has 0 N–H and O–H groups in total. The summed E-state index contributed by atoms with van der Waals surface area (Å²) in [5.41, 5.74) is -10.3. The Balaban J connectivity index is 0.000000295. The van der Waals surface area contributed by atoms with Crippen LogP contribution < -0.4 is 26.4 Å². The van der Waals surface area contributed by atoms with Gasteiger partial charge in [0.25, 0.3) is 0 Å². The van der Waals surface area contributed by atoms with Gasteiger partial charge < -0.3 is 0 Å². The van der Waals surface area contributed by atoms with E-state index < -0.39 is 144 Å². The molecule has 336 valence electrons. The Morgan fingerprint density at radius 1 is 0.422 bits per heavy atom. The van der Waals surface area contributed by atoms with Crippen LogP contribution in [0.4, 0.5) is 87.8 Å². The molecule has 0 atom stereocenters. The summed E-state index contributed by atoms with van der Waals surface area (Å²) in [6.07, 6.45) is 6.12. The van der Waals surface area contributed by atoms with Crippen molar-refractivity contribution < 1.29 is 92.4 Å². The number of allylic oxidation sites excluding steroid dienone is 2. The maximum Gasteiger partial charge on any atom is 0.226 e. The summed E-state index contributed by atoms with van der Waals surface area (Å²) in [6, 6.07) is 10.6. The Morgan fingerprint density at radius 2 is 0.750 bits per heavy atom. The standard InChI is InChI=1S/C24BF20.C17H19N2/c26-5-1(6(27)14(35)21(42)13(5)34)25(2-7(28)15(36)22(43)16(37)8(2)29,3-9(30)17(38)23(44)18(39)10(3)31)4-11(32)19(40)24(45)20(41)12(4)33;1-3-7-15(8-4-1)14-19-12-11-18-13-17(19)16-9-5-2-6-10-16/h;1,3-4,7-9,11-13H,2,5-6,10,14H2/q-1;+1. The van der Waals surface area contributed by atoms with Gasteiger partial charge in [-0.1, -0.05) is 36.4 Å². The molecular weight excluding hydrogens is 911 g/mol. The highest BCUT2D eigenvalue weighted by Gasteiger charge is 2.52. The van der Waals surface area contributed by atoms with Crippen molar-refractivity contribution >= 4 is 33.6 Å². The molecule has 0 aliphatic heterocycles. The van der Waals surface area contributed by atoms with Crippen LogP contribution in [0.15, 0.2) is 55.0 Å². The summed E-state index contributed by atoms with van der Waals surface area (Å²) in [5.74, 6) is -71.4. The Labute approximate surface area is 345 Å². The molecule has 0 saturated carbocycles. The van der Waals surface area contributed by atoms with E-state index in [4.69, 9.17) is 0 Å². The Kier molecular flexibility index (Phi) is 13.2. The van der Waals surface area contributed by atoms with E-state index in [0.717, 1.165) is 6.54 Å². The molecular formula is C41H19BF20N2. The summed E-state index contributed by atoms with van der Waals surface area (Å²) >= 11 is 0. The lowest BCUT2D eigenvalue weighted by atomic mass is 9.12. The van der Waals surface area contributed by atoms with Crippen LogP contribution in [0.25, 0.3) is 5.57 Å². The van der Waals surface area contributed by atoms with E-state index in [1.807, 2.05) is 12.4 Å². The third-order valence-corrected chi connectivity index (χ3v) is 10.4. The zero-order valence-electron chi connectivity index (χ0n) is 31.3. The molecule has 6 aromatic rings. The van der Waals surface area contributed by atoms with Gasteiger partial charge in [-0.3, -0.25) is 4.98 Å². The molecule has 0 amide bonds. The van der Waals surface area contributed by atoms with Crippen molar-refractivity contribution in [2.24, 2.45) is 0 Å². The van der Waals surface area contributed by atoms with Gasteiger partial charge >= 0.3 is 0 Å². The topological polar surface area (TPSA) is 16.8 Å². The Hall–Kier alpha value is -6.42. The van der Waals surface area contributed by atoms with Crippen molar-refractivity contribution in [2.45, 2.75) is 32.2 Å². The van der Waals surface area contributed by atoms with Crippen molar-refractivity contribution in [1.29, 1.82) is 0 Å². The molecule has 2 nitrogen and oxygen atoms in total. The number of aromatic nitrogens is 2. The molecule has 0 radical (unpaired) electrons. The monoisotopic (exact) mass is 930 g/mol. The molecule has 23 heteroatoms. The van der Waals surface area contributed by atoms with Gasteiger partial charge in [0, 0.05) is 11.1 Å². The number of nitrogens with zero attached hydrogens (tertiary/aromatic N) is 2. The van der Waals surface area contributed by atoms with Gasteiger partial charge in [0.15, 0.2) is 82.5 Å². The van der Waals surface area contributed by atoms with Crippen LogP contribution in [0.2, 0.25) is 0 Å². The van der Waals surface area contributed by atoms with E-state index in [0.29, 0.717) is 0 Å². The van der Waals surface area contributed by atoms with Crippen LogP contribution in [0.3, 0.4) is 0 Å². The van der Waals surface area contributed by atoms with E-state index in [9.17, 15) is 52.7 Å².